The first-order valence-electron chi connectivity index (χ1n) is 7.60. The lowest BCUT2D eigenvalue weighted by molar-refractivity contribution is -0.115. The zero-order valence-electron chi connectivity index (χ0n) is 13.4. The van der Waals surface area contributed by atoms with Crippen LogP contribution in [0.1, 0.15) is 25.5 Å². The Kier molecular flexibility index (Phi) is 6.29. The highest BCUT2D eigenvalue weighted by Crippen LogP contribution is 2.23. The number of amides is 1. The van der Waals surface area contributed by atoms with Crippen LogP contribution in [0.5, 0.6) is 0 Å². The summed E-state index contributed by atoms with van der Waals surface area (Å²) < 4.78 is 26.1. The standard InChI is InChI=1S/C18H19ClF2N2O/c1-11(2)18(12-3-5-13(20)6-4-12)22-10-17(24)23-16-8-7-14(21)9-15(16)19/h3-9,11,18,22H,10H2,1-2H3,(H,23,24)/t18-/m1/s1. The molecule has 2 N–H and O–H groups in total. The van der Waals surface area contributed by atoms with Gasteiger partial charge in [0, 0.05) is 6.04 Å². The van der Waals surface area contributed by atoms with Gasteiger partial charge in [-0.15, -0.1) is 0 Å². The van der Waals surface area contributed by atoms with Gasteiger partial charge in [0.25, 0.3) is 0 Å². The zero-order valence-corrected chi connectivity index (χ0v) is 14.2. The monoisotopic (exact) mass is 352 g/mol. The van der Waals surface area contributed by atoms with Crippen molar-refractivity contribution in [1.29, 1.82) is 0 Å². The van der Waals surface area contributed by atoms with Crippen molar-refractivity contribution in [3.63, 3.8) is 0 Å². The second-order valence-corrected chi connectivity index (χ2v) is 6.23. The van der Waals surface area contributed by atoms with Crippen molar-refractivity contribution in [1.82, 2.24) is 5.32 Å². The molecule has 0 aliphatic heterocycles. The Balaban J connectivity index is 1.98. The van der Waals surface area contributed by atoms with Gasteiger partial charge in [0.15, 0.2) is 0 Å². The molecular weight excluding hydrogens is 334 g/mol. The number of halogens is 3. The van der Waals surface area contributed by atoms with Gasteiger partial charge in [-0.1, -0.05) is 37.6 Å². The van der Waals surface area contributed by atoms with Crippen LogP contribution in [0.15, 0.2) is 42.5 Å². The van der Waals surface area contributed by atoms with Gasteiger partial charge >= 0.3 is 0 Å². The van der Waals surface area contributed by atoms with E-state index in [-0.39, 0.29) is 35.3 Å². The average Bonchev–Trinajstić information content (AvgIpc) is 2.52. The summed E-state index contributed by atoms with van der Waals surface area (Å²) in [6.07, 6.45) is 0. The van der Waals surface area contributed by atoms with E-state index in [0.29, 0.717) is 5.69 Å². The molecule has 0 radical (unpaired) electrons. The fourth-order valence-electron chi connectivity index (χ4n) is 2.40. The molecule has 0 aromatic heterocycles. The fourth-order valence-corrected chi connectivity index (χ4v) is 2.61. The molecular formula is C18H19ClF2N2O. The van der Waals surface area contributed by atoms with Crippen molar-refractivity contribution in [2.24, 2.45) is 5.92 Å². The molecule has 1 amide bonds. The van der Waals surface area contributed by atoms with Crippen molar-refractivity contribution in [2.45, 2.75) is 19.9 Å². The minimum absolute atomic E-state index is 0.0495. The number of carbonyl (C=O) groups is 1. The van der Waals surface area contributed by atoms with E-state index in [2.05, 4.69) is 10.6 Å². The Hall–Kier alpha value is -1.98. The summed E-state index contributed by atoms with van der Waals surface area (Å²) in [6, 6.07) is 9.86. The lowest BCUT2D eigenvalue weighted by atomic mass is 9.96. The Bertz CT molecular complexity index is 705. The van der Waals surface area contributed by atoms with E-state index in [0.717, 1.165) is 11.6 Å². The van der Waals surface area contributed by atoms with Crippen LogP contribution in [-0.2, 0) is 4.79 Å². The molecule has 128 valence electrons. The van der Waals surface area contributed by atoms with Crippen molar-refractivity contribution in [2.75, 3.05) is 11.9 Å². The molecule has 0 saturated carbocycles. The van der Waals surface area contributed by atoms with Crippen LogP contribution >= 0.6 is 11.6 Å². The third kappa shape index (κ3) is 5.01. The second-order valence-electron chi connectivity index (χ2n) is 5.83. The summed E-state index contributed by atoms with van der Waals surface area (Å²) in [5.41, 5.74) is 1.26. The summed E-state index contributed by atoms with van der Waals surface area (Å²) in [4.78, 5) is 12.1. The average molecular weight is 353 g/mol. The maximum absolute atomic E-state index is 13.1. The molecule has 0 aliphatic rings. The Morgan fingerprint density at radius 3 is 2.29 bits per heavy atom. The predicted molar refractivity (Wildman–Crippen MR) is 92.0 cm³/mol. The smallest absolute Gasteiger partial charge is 0.238 e. The first kappa shape index (κ1) is 18.4. The molecule has 24 heavy (non-hydrogen) atoms. The normalized spacial score (nSPS) is 12.2. The largest absolute Gasteiger partial charge is 0.324 e. The highest BCUT2D eigenvalue weighted by Gasteiger charge is 2.17. The molecule has 0 saturated heterocycles. The van der Waals surface area contributed by atoms with Gasteiger partial charge in [0.2, 0.25) is 5.91 Å². The van der Waals surface area contributed by atoms with Gasteiger partial charge < -0.3 is 10.6 Å². The number of hydrogen-bond donors (Lipinski definition) is 2. The third-order valence-electron chi connectivity index (χ3n) is 3.58. The minimum Gasteiger partial charge on any atom is -0.324 e. The van der Waals surface area contributed by atoms with Crippen LogP contribution in [0.2, 0.25) is 5.02 Å². The topological polar surface area (TPSA) is 41.1 Å². The van der Waals surface area contributed by atoms with E-state index in [1.165, 1.54) is 24.3 Å². The molecule has 2 aromatic carbocycles. The molecule has 3 nitrogen and oxygen atoms in total. The molecule has 6 heteroatoms. The molecule has 2 aromatic rings. The van der Waals surface area contributed by atoms with Crippen molar-refractivity contribution in [3.8, 4) is 0 Å². The lowest BCUT2D eigenvalue weighted by Gasteiger charge is -2.23. The molecule has 0 fully saturated rings. The Labute approximate surface area is 145 Å². The van der Waals surface area contributed by atoms with Crippen LogP contribution in [-0.4, -0.2) is 12.5 Å². The molecule has 1 atom stereocenters. The summed E-state index contributed by atoms with van der Waals surface area (Å²) in [6.45, 7) is 4.07. The number of carbonyl (C=O) groups excluding carboxylic acids is 1. The maximum Gasteiger partial charge on any atom is 0.238 e. The SMILES string of the molecule is CC(C)[C@@H](NCC(=O)Nc1ccc(F)cc1Cl)c1ccc(F)cc1. The van der Waals surface area contributed by atoms with E-state index in [4.69, 9.17) is 11.6 Å². The van der Waals surface area contributed by atoms with E-state index >= 15 is 0 Å². The fraction of sp³-hybridized carbons (Fsp3) is 0.278. The van der Waals surface area contributed by atoms with Crippen LogP contribution < -0.4 is 10.6 Å². The van der Waals surface area contributed by atoms with Gasteiger partial charge in [-0.3, -0.25) is 4.79 Å². The minimum atomic E-state index is -0.465. The van der Waals surface area contributed by atoms with Gasteiger partial charge in [0.05, 0.1) is 17.3 Å². The summed E-state index contributed by atoms with van der Waals surface area (Å²) >= 11 is 5.89. The predicted octanol–water partition coefficient (Wildman–Crippen LogP) is 4.54. The molecule has 0 unspecified atom stereocenters. The molecule has 0 spiro atoms. The summed E-state index contributed by atoms with van der Waals surface area (Å²) in [7, 11) is 0. The van der Waals surface area contributed by atoms with E-state index in [1.54, 1.807) is 12.1 Å². The second kappa shape index (κ2) is 8.22. The van der Waals surface area contributed by atoms with Crippen molar-refractivity contribution < 1.29 is 13.6 Å². The molecule has 0 bridgehead atoms. The third-order valence-corrected chi connectivity index (χ3v) is 3.90. The summed E-state index contributed by atoms with van der Waals surface area (Å²) in [5.74, 6) is -0.855. The van der Waals surface area contributed by atoms with Gasteiger partial charge in [-0.05, 0) is 41.8 Å². The van der Waals surface area contributed by atoms with Gasteiger partial charge in [-0.25, -0.2) is 8.78 Å². The zero-order chi connectivity index (χ0) is 17.7. The van der Waals surface area contributed by atoms with E-state index in [1.807, 2.05) is 13.8 Å². The van der Waals surface area contributed by atoms with Gasteiger partial charge in [-0.2, -0.15) is 0 Å². The van der Waals surface area contributed by atoms with Crippen molar-refractivity contribution >= 4 is 23.2 Å². The number of rotatable bonds is 6. The summed E-state index contributed by atoms with van der Waals surface area (Å²) in [5, 5.41) is 5.93. The quantitative estimate of drug-likeness (QED) is 0.801. The number of anilines is 1. The first-order valence-corrected chi connectivity index (χ1v) is 7.98. The Morgan fingerprint density at radius 2 is 1.71 bits per heavy atom. The number of benzene rings is 2. The van der Waals surface area contributed by atoms with Crippen LogP contribution in [0.4, 0.5) is 14.5 Å². The number of hydrogen-bond acceptors (Lipinski definition) is 2. The van der Waals surface area contributed by atoms with Crippen molar-refractivity contribution in [3.05, 3.63) is 64.7 Å². The van der Waals surface area contributed by atoms with E-state index < -0.39 is 5.82 Å². The Morgan fingerprint density at radius 1 is 1.08 bits per heavy atom. The lowest BCUT2D eigenvalue weighted by Crippen LogP contribution is -2.33. The van der Waals surface area contributed by atoms with Crippen LogP contribution in [0.25, 0.3) is 0 Å². The highest BCUT2D eigenvalue weighted by atomic mass is 35.5. The van der Waals surface area contributed by atoms with Gasteiger partial charge in [0.1, 0.15) is 11.6 Å². The molecule has 0 heterocycles. The molecule has 2 rings (SSSR count). The molecule has 0 aliphatic carbocycles. The maximum atomic E-state index is 13.1. The first-order chi connectivity index (χ1) is 11.4. The van der Waals surface area contributed by atoms with Crippen LogP contribution in [0.3, 0.4) is 0 Å². The van der Waals surface area contributed by atoms with Crippen LogP contribution in [0, 0.1) is 17.6 Å². The van der Waals surface area contributed by atoms with E-state index in [9.17, 15) is 13.6 Å². The highest BCUT2D eigenvalue weighted by molar-refractivity contribution is 6.33. The number of nitrogens with one attached hydrogen (secondary N) is 2.